The van der Waals surface area contributed by atoms with Gasteiger partial charge >= 0.3 is 6.09 Å². The molecule has 2 N–H and O–H groups in total. The lowest BCUT2D eigenvalue weighted by Gasteiger charge is -2.26. The summed E-state index contributed by atoms with van der Waals surface area (Å²) in [5.74, 6) is 0.624. The number of alkyl carbamates (subject to hydrolysis) is 1. The molecule has 6 heteroatoms. The third kappa shape index (κ3) is 6.47. The Hall–Kier alpha value is -1.14. The Balaban J connectivity index is 1.85. The minimum absolute atomic E-state index is 0.285. The van der Waals surface area contributed by atoms with Gasteiger partial charge in [-0.15, -0.1) is 11.3 Å². The van der Waals surface area contributed by atoms with Gasteiger partial charge in [-0.25, -0.2) is 9.78 Å². The molecule has 130 valence electrons. The molecule has 0 spiro atoms. The number of nitrogens with zero attached hydrogens (tertiary/aromatic N) is 1. The number of ether oxygens (including phenoxy) is 1. The van der Waals surface area contributed by atoms with E-state index in [0.717, 1.165) is 11.6 Å². The lowest BCUT2D eigenvalue weighted by Crippen LogP contribution is -2.45. The minimum atomic E-state index is -0.458. The van der Waals surface area contributed by atoms with Crippen LogP contribution in [0.5, 0.6) is 0 Å². The molecule has 0 bridgehead atoms. The van der Waals surface area contributed by atoms with E-state index in [2.05, 4.69) is 15.6 Å². The maximum atomic E-state index is 11.9. The predicted octanol–water partition coefficient (Wildman–Crippen LogP) is 3.62. The van der Waals surface area contributed by atoms with Crippen molar-refractivity contribution in [2.75, 3.05) is 6.54 Å². The quantitative estimate of drug-likeness (QED) is 0.831. The molecule has 23 heavy (non-hydrogen) atoms. The molecule has 0 saturated heterocycles. The van der Waals surface area contributed by atoms with Gasteiger partial charge in [-0.2, -0.15) is 0 Å². The molecule has 1 unspecified atom stereocenters. The molecule has 1 aliphatic carbocycles. The molecule has 0 radical (unpaired) electrons. The summed E-state index contributed by atoms with van der Waals surface area (Å²) in [5, 5.41) is 7.62. The number of aryl methyl sites for hydroxylation is 1. The van der Waals surface area contributed by atoms with E-state index < -0.39 is 5.60 Å². The van der Waals surface area contributed by atoms with Crippen molar-refractivity contribution in [2.45, 2.75) is 71.6 Å². The summed E-state index contributed by atoms with van der Waals surface area (Å²) in [6.45, 7) is 9.08. The average molecular weight is 340 g/mol. The first-order chi connectivity index (χ1) is 10.8. The fourth-order valence-corrected chi connectivity index (χ4v) is 3.74. The van der Waals surface area contributed by atoms with Crippen LogP contribution in [0, 0.1) is 12.8 Å². The number of hydrogen-bond donors (Lipinski definition) is 2. The Kier molecular flexibility index (Phi) is 6.41. The van der Waals surface area contributed by atoms with Gasteiger partial charge in [0.15, 0.2) is 0 Å². The Morgan fingerprint density at radius 3 is 2.70 bits per heavy atom. The largest absolute Gasteiger partial charge is 0.444 e. The molecular weight excluding hydrogens is 310 g/mol. The van der Waals surface area contributed by atoms with Crippen molar-refractivity contribution >= 4 is 17.4 Å². The number of carbonyl (C=O) groups excluding carboxylic acids is 1. The summed E-state index contributed by atoms with van der Waals surface area (Å²) >= 11 is 1.72. The number of rotatable bonds is 6. The molecule has 1 saturated carbocycles. The number of nitrogens with one attached hydrogen (secondary N) is 2. The van der Waals surface area contributed by atoms with E-state index >= 15 is 0 Å². The number of hydrogen-bond acceptors (Lipinski definition) is 5. The molecule has 1 aromatic rings. The van der Waals surface area contributed by atoms with Crippen molar-refractivity contribution in [3.8, 4) is 0 Å². The monoisotopic (exact) mass is 339 g/mol. The van der Waals surface area contributed by atoms with Gasteiger partial charge in [0.2, 0.25) is 0 Å². The number of amides is 1. The van der Waals surface area contributed by atoms with Gasteiger partial charge in [0.05, 0.1) is 5.01 Å². The van der Waals surface area contributed by atoms with Crippen LogP contribution in [0.2, 0.25) is 0 Å². The normalized spacial score (nSPS) is 17.2. The third-order valence-corrected chi connectivity index (χ3v) is 4.95. The highest BCUT2D eigenvalue weighted by atomic mass is 32.1. The maximum Gasteiger partial charge on any atom is 0.407 e. The second-order valence-corrected chi connectivity index (χ2v) is 8.58. The van der Waals surface area contributed by atoms with Gasteiger partial charge in [0, 0.05) is 30.2 Å². The van der Waals surface area contributed by atoms with Crippen LogP contribution >= 0.6 is 11.3 Å². The van der Waals surface area contributed by atoms with Crippen molar-refractivity contribution in [1.82, 2.24) is 15.6 Å². The van der Waals surface area contributed by atoms with E-state index in [1.54, 1.807) is 11.3 Å². The molecule has 2 rings (SSSR count). The fourth-order valence-electron chi connectivity index (χ4n) is 2.99. The summed E-state index contributed by atoms with van der Waals surface area (Å²) in [6.07, 6.45) is 6.63. The molecule has 5 nitrogen and oxygen atoms in total. The summed E-state index contributed by atoms with van der Waals surface area (Å²) in [5.41, 5.74) is -0.458. The van der Waals surface area contributed by atoms with E-state index in [1.165, 1.54) is 30.6 Å². The summed E-state index contributed by atoms with van der Waals surface area (Å²) in [7, 11) is 0. The molecule has 1 fully saturated rings. The molecule has 1 amide bonds. The van der Waals surface area contributed by atoms with E-state index in [9.17, 15) is 4.79 Å². The van der Waals surface area contributed by atoms with Crippen LogP contribution < -0.4 is 10.6 Å². The van der Waals surface area contributed by atoms with E-state index in [1.807, 2.05) is 33.9 Å². The van der Waals surface area contributed by atoms with Crippen molar-refractivity contribution in [2.24, 2.45) is 5.92 Å². The van der Waals surface area contributed by atoms with Crippen LogP contribution in [-0.2, 0) is 11.3 Å². The standard InChI is InChI=1S/C17H29N3O2S/c1-12-18-9-14(23-12)10-19-15(13-7-5-6-8-13)11-20-16(21)22-17(2,3)4/h9,13,15,19H,5-8,10-11H2,1-4H3,(H,20,21). The van der Waals surface area contributed by atoms with Crippen LogP contribution in [0.1, 0.15) is 56.3 Å². The van der Waals surface area contributed by atoms with Gasteiger partial charge in [0.25, 0.3) is 0 Å². The third-order valence-electron chi connectivity index (χ3n) is 4.04. The molecule has 1 heterocycles. The minimum Gasteiger partial charge on any atom is -0.444 e. The molecule has 1 atom stereocenters. The van der Waals surface area contributed by atoms with Crippen molar-refractivity contribution < 1.29 is 9.53 Å². The second kappa shape index (κ2) is 8.11. The Labute approximate surface area is 143 Å². The Morgan fingerprint density at radius 1 is 1.43 bits per heavy atom. The SMILES string of the molecule is Cc1ncc(CNC(CNC(=O)OC(C)(C)C)C2CCCC2)s1. The van der Waals surface area contributed by atoms with Gasteiger partial charge in [-0.05, 0) is 46.5 Å². The molecular formula is C17H29N3O2S. The first-order valence-electron chi connectivity index (χ1n) is 8.45. The zero-order valence-corrected chi connectivity index (χ0v) is 15.5. The lowest BCUT2D eigenvalue weighted by atomic mass is 9.98. The Bertz CT molecular complexity index is 504. The van der Waals surface area contributed by atoms with Crippen molar-refractivity contribution in [3.05, 3.63) is 16.1 Å². The molecule has 0 aliphatic heterocycles. The summed E-state index contributed by atoms with van der Waals surface area (Å²) < 4.78 is 5.33. The fraction of sp³-hybridized carbons (Fsp3) is 0.765. The predicted molar refractivity (Wildman–Crippen MR) is 93.7 cm³/mol. The van der Waals surface area contributed by atoms with Crippen LogP contribution in [0.4, 0.5) is 4.79 Å². The first-order valence-corrected chi connectivity index (χ1v) is 9.27. The zero-order valence-electron chi connectivity index (χ0n) is 14.6. The van der Waals surface area contributed by atoms with Crippen LogP contribution in [0.15, 0.2) is 6.20 Å². The summed E-state index contributed by atoms with van der Waals surface area (Å²) in [6, 6.07) is 0.285. The van der Waals surface area contributed by atoms with E-state index in [4.69, 9.17) is 4.74 Å². The smallest absolute Gasteiger partial charge is 0.407 e. The number of carbonyl (C=O) groups is 1. The Morgan fingerprint density at radius 2 is 2.13 bits per heavy atom. The van der Waals surface area contributed by atoms with Gasteiger partial charge in [-0.3, -0.25) is 0 Å². The molecule has 0 aromatic carbocycles. The number of thiazole rings is 1. The zero-order chi connectivity index (χ0) is 16.9. The van der Waals surface area contributed by atoms with Crippen molar-refractivity contribution in [3.63, 3.8) is 0 Å². The topological polar surface area (TPSA) is 63.2 Å². The summed E-state index contributed by atoms with van der Waals surface area (Å²) in [4.78, 5) is 17.4. The average Bonchev–Trinajstić information content (AvgIpc) is 3.08. The highest BCUT2D eigenvalue weighted by molar-refractivity contribution is 7.11. The van der Waals surface area contributed by atoms with Gasteiger partial charge in [-0.1, -0.05) is 12.8 Å². The highest BCUT2D eigenvalue weighted by Crippen LogP contribution is 2.28. The van der Waals surface area contributed by atoms with Crippen LogP contribution in [-0.4, -0.2) is 29.3 Å². The van der Waals surface area contributed by atoms with Gasteiger partial charge in [0.1, 0.15) is 5.60 Å². The molecule has 1 aliphatic rings. The molecule has 1 aromatic heterocycles. The van der Waals surface area contributed by atoms with E-state index in [0.29, 0.717) is 12.5 Å². The maximum absolute atomic E-state index is 11.9. The number of aromatic nitrogens is 1. The van der Waals surface area contributed by atoms with Crippen LogP contribution in [0.25, 0.3) is 0 Å². The van der Waals surface area contributed by atoms with Crippen molar-refractivity contribution in [1.29, 1.82) is 0 Å². The first kappa shape index (κ1) is 18.2. The second-order valence-electron chi connectivity index (χ2n) is 7.26. The lowest BCUT2D eigenvalue weighted by molar-refractivity contribution is 0.0518. The van der Waals surface area contributed by atoms with E-state index in [-0.39, 0.29) is 12.1 Å². The van der Waals surface area contributed by atoms with Crippen LogP contribution in [0.3, 0.4) is 0 Å². The highest BCUT2D eigenvalue weighted by Gasteiger charge is 2.26. The van der Waals surface area contributed by atoms with Gasteiger partial charge < -0.3 is 15.4 Å².